The van der Waals surface area contributed by atoms with Gasteiger partial charge in [-0.1, -0.05) is 13.8 Å². The molecule has 6 nitrogen and oxygen atoms in total. The summed E-state index contributed by atoms with van der Waals surface area (Å²) in [6.07, 6.45) is 1.29. The highest BCUT2D eigenvalue weighted by atomic mass is 32.2. The van der Waals surface area contributed by atoms with Crippen LogP contribution in [0.1, 0.15) is 20.8 Å². The van der Waals surface area contributed by atoms with E-state index in [2.05, 4.69) is 9.71 Å². The van der Waals surface area contributed by atoms with Gasteiger partial charge in [0.25, 0.3) is 5.91 Å². The molecule has 1 heterocycles. The molecule has 1 N–H and O–H groups in total. The Morgan fingerprint density at radius 2 is 2.12 bits per heavy atom. The molecule has 0 bridgehead atoms. The Balaban J connectivity index is 2.86. The number of carbonyl (C=O) groups is 1. The third kappa shape index (κ3) is 3.29. The van der Waals surface area contributed by atoms with E-state index in [0.29, 0.717) is 12.5 Å². The molecule has 1 amide bonds. The van der Waals surface area contributed by atoms with Gasteiger partial charge in [0.1, 0.15) is 0 Å². The Labute approximate surface area is 102 Å². The van der Waals surface area contributed by atoms with Gasteiger partial charge in [-0.3, -0.25) is 9.10 Å². The normalized spacial score (nSPS) is 18.8. The average molecular weight is 259 g/mol. The molecule has 0 fully saturated rings. The van der Waals surface area contributed by atoms with Gasteiger partial charge in [-0.25, -0.2) is 0 Å². The lowest BCUT2D eigenvalue weighted by Crippen LogP contribution is -2.35. The first-order chi connectivity index (χ1) is 7.74. The molecule has 0 aromatic carbocycles. The Hall–Kier alpha value is -1.37. The molecule has 17 heavy (non-hydrogen) atoms. The minimum atomic E-state index is -3.64. The predicted molar refractivity (Wildman–Crippen MR) is 65.7 cm³/mol. The summed E-state index contributed by atoms with van der Waals surface area (Å²) in [5.74, 6) is 0.0311. The Kier molecular flexibility index (Phi) is 3.92. The number of rotatable bonds is 3. The van der Waals surface area contributed by atoms with E-state index in [1.54, 1.807) is 0 Å². The molecule has 0 aromatic heterocycles. The Bertz CT molecular complexity index is 477. The Morgan fingerprint density at radius 3 is 2.65 bits per heavy atom. The van der Waals surface area contributed by atoms with E-state index in [1.165, 1.54) is 20.2 Å². The molecule has 0 atom stereocenters. The number of carbonyl (C=O) groups excluding carboxylic acids is 1. The fourth-order valence-corrected chi connectivity index (χ4v) is 2.06. The minimum Gasteiger partial charge on any atom is -0.352 e. The lowest BCUT2D eigenvalue weighted by molar-refractivity contribution is -0.117. The molecule has 96 valence electrons. The summed E-state index contributed by atoms with van der Waals surface area (Å²) in [5, 5.41) is 2.72. The largest absolute Gasteiger partial charge is 0.352 e. The van der Waals surface area contributed by atoms with Crippen molar-refractivity contribution in [2.45, 2.75) is 20.8 Å². The zero-order valence-corrected chi connectivity index (χ0v) is 11.2. The van der Waals surface area contributed by atoms with Gasteiger partial charge >= 0.3 is 10.2 Å². The van der Waals surface area contributed by atoms with Crippen LogP contribution in [0.5, 0.6) is 0 Å². The van der Waals surface area contributed by atoms with Crippen molar-refractivity contribution in [1.82, 2.24) is 9.62 Å². The molecule has 1 rings (SSSR count). The summed E-state index contributed by atoms with van der Waals surface area (Å²) in [6.45, 7) is 6.01. The van der Waals surface area contributed by atoms with E-state index >= 15 is 0 Å². The highest BCUT2D eigenvalue weighted by Crippen LogP contribution is 2.14. The number of hydrogen-bond acceptors (Lipinski definition) is 3. The average Bonchev–Trinajstić information content (AvgIpc) is 2.19. The predicted octanol–water partition coefficient (Wildman–Crippen LogP) is 0.294. The number of amides is 1. The fourth-order valence-electron chi connectivity index (χ4n) is 1.24. The van der Waals surface area contributed by atoms with Crippen LogP contribution in [0.15, 0.2) is 16.2 Å². The van der Waals surface area contributed by atoms with Gasteiger partial charge in [0.15, 0.2) is 0 Å². The van der Waals surface area contributed by atoms with Crippen LogP contribution in [0.2, 0.25) is 0 Å². The second-order valence-corrected chi connectivity index (χ2v) is 5.97. The maximum Gasteiger partial charge on any atom is 0.344 e. The molecule has 1 aliphatic heterocycles. The monoisotopic (exact) mass is 259 g/mol. The molecular formula is C10H17N3O3S. The summed E-state index contributed by atoms with van der Waals surface area (Å²) in [6, 6.07) is 0. The highest BCUT2D eigenvalue weighted by molar-refractivity contribution is 7.88. The molecule has 7 heteroatoms. The van der Waals surface area contributed by atoms with Crippen LogP contribution in [0, 0.1) is 5.92 Å². The van der Waals surface area contributed by atoms with Gasteiger partial charge in [0.2, 0.25) is 0 Å². The van der Waals surface area contributed by atoms with Crippen LogP contribution >= 0.6 is 0 Å². The summed E-state index contributed by atoms with van der Waals surface area (Å²) < 4.78 is 27.2. The molecule has 0 saturated carbocycles. The van der Waals surface area contributed by atoms with Crippen molar-refractivity contribution in [3.8, 4) is 0 Å². The van der Waals surface area contributed by atoms with Crippen LogP contribution in [0.3, 0.4) is 0 Å². The molecule has 0 saturated heterocycles. The summed E-state index contributed by atoms with van der Waals surface area (Å²) >= 11 is 0. The van der Waals surface area contributed by atoms with Crippen LogP contribution in [-0.4, -0.2) is 37.9 Å². The van der Waals surface area contributed by atoms with Crippen molar-refractivity contribution in [3.05, 3.63) is 11.8 Å². The maximum atomic E-state index is 11.8. The molecule has 0 radical (unpaired) electrons. The lowest BCUT2D eigenvalue weighted by Gasteiger charge is -2.19. The van der Waals surface area contributed by atoms with Gasteiger partial charge in [0.05, 0.1) is 11.3 Å². The van der Waals surface area contributed by atoms with Crippen molar-refractivity contribution in [2.24, 2.45) is 10.3 Å². The zero-order valence-electron chi connectivity index (χ0n) is 10.4. The van der Waals surface area contributed by atoms with Crippen molar-refractivity contribution < 1.29 is 13.2 Å². The molecule has 0 aromatic rings. The SMILES string of the molecule is CC1=NS(=O)(=O)N(C)C=C1C(=O)NCC(C)C. The van der Waals surface area contributed by atoms with Crippen molar-refractivity contribution >= 4 is 21.8 Å². The van der Waals surface area contributed by atoms with E-state index in [-0.39, 0.29) is 17.2 Å². The first kappa shape index (κ1) is 13.7. The molecule has 1 aliphatic rings. The summed E-state index contributed by atoms with van der Waals surface area (Å²) in [5.41, 5.74) is 0.493. The third-order valence-electron chi connectivity index (χ3n) is 2.23. The topological polar surface area (TPSA) is 78.8 Å². The van der Waals surface area contributed by atoms with Crippen LogP contribution < -0.4 is 5.32 Å². The van der Waals surface area contributed by atoms with Crippen molar-refractivity contribution in [1.29, 1.82) is 0 Å². The highest BCUT2D eigenvalue weighted by Gasteiger charge is 2.25. The van der Waals surface area contributed by atoms with Gasteiger partial charge in [-0.05, 0) is 12.8 Å². The van der Waals surface area contributed by atoms with Crippen molar-refractivity contribution in [3.63, 3.8) is 0 Å². The molecule has 0 aliphatic carbocycles. The smallest absolute Gasteiger partial charge is 0.344 e. The minimum absolute atomic E-state index is 0.212. The van der Waals surface area contributed by atoms with Gasteiger partial charge in [0, 0.05) is 19.8 Å². The second-order valence-electron chi connectivity index (χ2n) is 4.32. The molecule has 0 unspecified atom stereocenters. The standard InChI is InChI=1S/C10H17N3O3S/c1-7(2)5-11-10(14)9-6-13(4)17(15,16)12-8(9)3/h6-7H,5H2,1-4H3,(H,11,14). The van der Waals surface area contributed by atoms with E-state index < -0.39 is 10.2 Å². The number of nitrogens with one attached hydrogen (secondary N) is 1. The lowest BCUT2D eigenvalue weighted by atomic mass is 10.1. The second kappa shape index (κ2) is 4.87. The van der Waals surface area contributed by atoms with Gasteiger partial charge in [-0.2, -0.15) is 8.42 Å². The van der Waals surface area contributed by atoms with Crippen molar-refractivity contribution in [2.75, 3.05) is 13.6 Å². The first-order valence-corrected chi connectivity index (χ1v) is 6.68. The third-order valence-corrected chi connectivity index (χ3v) is 3.57. The van der Waals surface area contributed by atoms with Gasteiger partial charge in [-0.15, -0.1) is 4.40 Å². The van der Waals surface area contributed by atoms with Crippen LogP contribution in [-0.2, 0) is 15.0 Å². The molecule has 0 spiro atoms. The number of hydrogen-bond donors (Lipinski definition) is 1. The molecular weight excluding hydrogens is 242 g/mol. The number of nitrogens with zero attached hydrogens (tertiary/aromatic N) is 2. The van der Waals surface area contributed by atoms with Crippen LogP contribution in [0.4, 0.5) is 0 Å². The van der Waals surface area contributed by atoms with Crippen LogP contribution in [0.25, 0.3) is 0 Å². The zero-order chi connectivity index (χ0) is 13.2. The quantitative estimate of drug-likeness (QED) is 0.791. The van der Waals surface area contributed by atoms with E-state index in [1.807, 2.05) is 13.8 Å². The summed E-state index contributed by atoms with van der Waals surface area (Å²) in [4.78, 5) is 11.8. The summed E-state index contributed by atoms with van der Waals surface area (Å²) in [7, 11) is -2.30. The van der Waals surface area contributed by atoms with E-state index in [4.69, 9.17) is 0 Å². The van der Waals surface area contributed by atoms with E-state index in [0.717, 1.165) is 4.31 Å². The maximum absolute atomic E-state index is 11.8. The Morgan fingerprint density at radius 1 is 1.53 bits per heavy atom. The van der Waals surface area contributed by atoms with Gasteiger partial charge < -0.3 is 5.32 Å². The van der Waals surface area contributed by atoms with E-state index in [9.17, 15) is 13.2 Å². The fraction of sp³-hybridized carbons (Fsp3) is 0.600. The first-order valence-electron chi connectivity index (χ1n) is 5.29.